The number of methoxy groups -OCH3 is 2. The Labute approximate surface area is 516 Å². The number of hydrogen-bond acceptors (Lipinski definition) is 16. The van der Waals surface area contributed by atoms with Gasteiger partial charge in [0.25, 0.3) is 5.91 Å². The van der Waals surface area contributed by atoms with Crippen LogP contribution in [0.15, 0.2) is 115 Å². The summed E-state index contributed by atoms with van der Waals surface area (Å²) >= 11 is 0. The molecule has 2 bridgehead atoms. The first-order valence-corrected chi connectivity index (χ1v) is 30.4. The molecular formula is C68H86N6O14. The van der Waals surface area contributed by atoms with Crippen LogP contribution in [0.3, 0.4) is 0 Å². The third kappa shape index (κ3) is 17.5. The van der Waals surface area contributed by atoms with Gasteiger partial charge in [-0.2, -0.15) is 0 Å². The Bertz CT molecular complexity index is 3130. The molecule has 7 rings (SSSR count). The molecule has 4 aromatic rings. The molecule has 2 saturated heterocycles. The average molecular weight is 1210 g/mol. The van der Waals surface area contributed by atoms with Crippen LogP contribution in [0.1, 0.15) is 120 Å². The summed E-state index contributed by atoms with van der Waals surface area (Å²) < 4.78 is 29.0. The Morgan fingerprint density at radius 1 is 0.659 bits per heavy atom. The van der Waals surface area contributed by atoms with Crippen molar-refractivity contribution in [3.8, 4) is 17.2 Å². The van der Waals surface area contributed by atoms with Crippen molar-refractivity contribution in [3.63, 3.8) is 0 Å². The summed E-state index contributed by atoms with van der Waals surface area (Å²) in [5, 5.41) is 1.70. The predicted octanol–water partition coefficient (Wildman–Crippen LogP) is 7.42. The molecule has 1 N–H and O–H groups in total. The van der Waals surface area contributed by atoms with Crippen LogP contribution in [-0.2, 0) is 65.5 Å². The number of Topliss-reactive ketones (excluding diaryl/α,β-unsaturated/α-hetero) is 3. The number of aryl methyl sites for hydroxylation is 1. The summed E-state index contributed by atoms with van der Waals surface area (Å²) in [6.45, 7) is 6.76. The lowest BCUT2D eigenvalue weighted by Gasteiger charge is -2.37. The smallest absolute Gasteiger partial charge is 0.330 e. The number of carbonyl (C=O) groups excluding carboxylic acids is 9. The molecule has 4 amide bonds. The van der Waals surface area contributed by atoms with Gasteiger partial charge in [-0.05, 0) is 124 Å². The van der Waals surface area contributed by atoms with Crippen molar-refractivity contribution in [3.05, 3.63) is 138 Å². The van der Waals surface area contributed by atoms with E-state index in [0.29, 0.717) is 73.4 Å². The van der Waals surface area contributed by atoms with Crippen molar-refractivity contribution < 1.29 is 66.8 Å². The van der Waals surface area contributed by atoms with Crippen molar-refractivity contribution in [1.29, 1.82) is 0 Å². The van der Waals surface area contributed by atoms with Gasteiger partial charge in [0.2, 0.25) is 35.1 Å². The Balaban J connectivity index is 1.20. The Morgan fingerprint density at radius 2 is 1.33 bits per heavy atom. The summed E-state index contributed by atoms with van der Waals surface area (Å²) in [4.78, 5) is 135. The fourth-order valence-electron chi connectivity index (χ4n) is 11.4. The number of hydrazine groups is 1. The van der Waals surface area contributed by atoms with Crippen LogP contribution in [0.4, 0.5) is 0 Å². The number of nitrogens with one attached hydrogen (secondary N) is 1. The molecule has 0 aromatic heterocycles. The van der Waals surface area contributed by atoms with Crippen LogP contribution in [-0.4, -0.2) is 170 Å². The minimum Gasteiger partial charge on any atom is -0.493 e. The van der Waals surface area contributed by atoms with Gasteiger partial charge in [-0.1, -0.05) is 98.8 Å². The molecule has 0 aliphatic carbocycles. The van der Waals surface area contributed by atoms with Crippen LogP contribution in [0.5, 0.6) is 17.2 Å². The van der Waals surface area contributed by atoms with Gasteiger partial charge >= 0.3 is 11.9 Å². The molecule has 20 heteroatoms. The number of benzene rings is 4. The second-order valence-electron chi connectivity index (χ2n) is 24.0. The highest BCUT2D eigenvalue weighted by Gasteiger charge is 2.45. The normalized spacial score (nSPS) is 23.7. The maximum atomic E-state index is 15.2. The van der Waals surface area contributed by atoms with E-state index in [-0.39, 0.29) is 57.7 Å². The molecule has 2 fully saturated rings. The molecular weight excluding hydrogens is 1120 g/mol. The van der Waals surface area contributed by atoms with E-state index >= 15 is 9.59 Å². The number of nitrogens with zero attached hydrogens (tertiary/aromatic N) is 5. The summed E-state index contributed by atoms with van der Waals surface area (Å²) in [7, 11) is 7.87. The SMILES string of the molecule is COc1ccc(CC[C@H]2OC(=O)[C@@H]3CCCCN3C(=O)C(=O)C(C)(C)COC(=O)/C=C/CCN(C)NC(c3ccccc3)C(=O)N(C)[C@@H](Cc3ccccc3)C(=O)N3CCC[C@@H]3C(=O)N(C)[C@@H](CC(C)C)C(=O)C(=O)CCOc3cccc2c3)cc1OC. The Kier molecular flexibility index (Phi) is 24.2. The maximum Gasteiger partial charge on any atom is 0.330 e. The van der Waals surface area contributed by atoms with Gasteiger partial charge in [-0.3, -0.25) is 33.6 Å². The van der Waals surface area contributed by atoms with Crippen LogP contribution in [0.2, 0.25) is 0 Å². The topological polar surface area (TPSA) is 228 Å². The first-order chi connectivity index (χ1) is 42.1. The highest BCUT2D eigenvalue weighted by atomic mass is 16.5. The summed E-state index contributed by atoms with van der Waals surface area (Å²) in [5.41, 5.74) is 4.59. The van der Waals surface area contributed by atoms with Crippen molar-refractivity contribution in [1.82, 2.24) is 30.0 Å². The third-order valence-electron chi connectivity index (χ3n) is 16.5. The van der Waals surface area contributed by atoms with E-state index in [1.165, 1.54) is 60.8 Å². The molecule has 472 valence electrons. The molecule has 0 saturated carbocycles. The predicted molar refractivity (Wildman–Crippen MR) is 329 cm³/mol. The zero-order chi connectivity index (χ0) is 63.7. The fourth-order valence-corrected chi connectivity index (χ4v) is 11.4. The second-order valence-corrected chi connectivity index (χ2v) is 24.0. The van der Waals surface area contributed by atoms with Crippen LogP contribution in [0.25, 0.3) is 0 Å². The van der Waals surface area contributed by atoms with E-state index in [0.717, 1.165) is 11.1 Å². The summed E-state index contributed by atoms with van der Waals surface area (Å²) in [6, 6.07) is 25.3. The van der Waals surface area contributed by atoms with Gasteiger partial charge in [-0.25, -0.2) is 20.0 Å². The van der Waals surface area contributed by atoms with Crippen LogP contribution in [0, 0.1) is 11.3 Å². The van der Waals surface area contributed by atoms with Crippen molar-refractivity contribution in [2.24, 2.45) is 11.3 Å². The number of carbonyl (C=O) groups is 9. The van der Waals surface area contributed by atoms with Crippen molar-refractivity contribution in [2.75, 3.05) is 68.2 Å². The minimum atomic E-state index is -1.48. The number of rotatable bonds is 10. The quantitative estimate of drug-likeness (QED) is 0.120. The Hall–Kier alpha value is -8.23. The lowest BCUT2D eigenvalue weighted by atomic mass is 9.87. The van der Waals surface area contributed by atoms with E-state index in [1.54, 1.807) is 79.8 Å². The lowest BCUT2D eigenvalue weighted by molar-refractivity contribution is -0.165. The van der Waals surface area contributed by atoms with Crippen molar-refractivity contribution in [2.45, 2.75) is 135 Å². The number of likely N-dealkylation sites (N-methyl/N-ethyl adjacent to an activating group) is 2. The molecule has 3 aliphatic heterocycles. The number of piperidine rings is 1. The number of esters is 2. The molecule has 0 radical (unpaired) electrons. The monoisotopic (exact) mass is 1210 g/mol. The summed E-state index contributed by atoms with van der Waals surface area (Å²) in [6.07, 6.45) is 4.96. The highest BCUT2D eigenvalue weighted by molar-refractivity contribution is 6.39. The molecule has 88 heavy (non-hydrogen) atoms. The second kappa shape index (κ2) is 31.6. The van der Waals surface area contributed by atoms with Gasteiger partial charge < -0.3 is 43.3 Å². The zero-order valence-electron chi connectivity index (χ0n) is 52.3. The van der Waals surface area contributed by atoms with Crippen molar-refractivity contribution >= 4 is 52.9 Å². The lowest BCUT2D eigenvalue weighted by Crippen LogP contribution is -2.58. The van der Waals surface area contributed by atoms with Gasteiger partial charge in [-0.15, -0.1) is 0 Å². The van der Waals surface area contributed by atoms with E-state index < -0.39 is 101 Å². The first-order valence-electron chi connectivity index (χ1n) is 30.4. The Morgan fingerprint density at radius 3 is 2.03 bits per heavy atom. The number of amides is 4. The molecule has 3 aliphatic rings. The first kappa shape index (κ1) is 67.3. The van der Waals surface area contributed by atoms with Gasteiger partial charge in [0, 0.05) is 59.7 Å². The highest BCUT2D eigenvalue weighted by Crippen LogP contribution is 2.34. The molecule has 20 nitrogen and oxygen atoms in total. The van der Waals surface area contributed by atoms with E-state index in [2.05, 4.69) is 5.43 Å². The van der Waals surface area contributed by atoms with E-state index in [4.69, 9.17) is 23.7 Å². The molecule has 0 spiro atoms. The zero-order valence-corrected chi connectivity index (χ0v) is 52.3. The number of ether oxygens (including phenoxy) is 5. The molecule has 3 heterocycles. The van der Waals surface area contributed by atoms with Crippen LogP contribution >= 0.6 is 0 Å². The molecule has 4 aromatic carbocycles. The standard InChI is InChI=1S/C68H86N6O14/c1-45(2)40-53-61(77)55(75)35-39-86-50-27-20-26-49(43-50)56(33-31-47-32-34-57(84-8)58(42-47)85-9)88-67(83)52-28-16-19-37-74(52)66(82)62(78)68(3,4)44-87-59(76)30-17-18-36-70(5)69-60(48-24-14-11-15-25-48)65(81)72(7)54(41-46-22-12-10-13-23-46)64(80)73-38-21-29-51(73)63(79)71(53)6/h10-15,17,20,22-27,30,32,34,42-43,45,51-54,56,60,69H,16,18-19,21,28-29,31,33,35-41,44H2,1-9H3/b30-17+/t51-,52+,53+,54+,56-,60?/m1/s1. The van der Waals surface area contributed by atoms with E-state index in [1.807, 2.05) is 62.4 Å². The van der Waals surface area contributed by atoms with Gasteiger partial charge in [0.1, 0.15) is 42.6 Å². The molecule has 1 unspecified atom stereocenters. The fraction of sp³-hybridized carbons (Fsp3) is 0.485. The average Bonchev–Trinajstić information content (AvgIpc) is 2.27. The maximum absolute atomic E-state index is 15.2. The number of cyclic esters (lactones) is 2. The van der Waals surface area contributed by atoms with Crippen LogP contribution < -0.4 is 19.6 Å². The third-order valence-corrected chi connectivity index (χ3v) is 16.5. The number of fused-ring (bicyclic) bond motifs is 4. The van der Waals surface area contributed by atoms with E-state index in [9.17, 15) is 33.6 Å². The number of ketones is 3. The van der Waals surface area contributed by atoms with Gasteiger partial charge in [0.05, 0.1) is 32.3 Å². The molecule has 6 atom stereocenters. The summed E-state index contributed by atoms with van der Waals surface area (Å²) in [5.74, 6) is -4.89. The minimum absolute atomic E-state index is 0.114. The largest absolute Gasteiger partial charge is 0.493 e. The number of hydrogen-bond donors (Lipinski definition) is 1. The van der Waals surface area contributed by atoms with Gasteiger partial charge in [0.15, 0.2) is 11.5 Å².